The summed E-state index contributed by atoms with van der Waals surface area (Å²) in [6, 6.07) is 2.05. The Morgan fingerprint density at radius 2 is 1.94 bits per heavy atom. The highest BCUT2D eigenvalue weighted by atomic mass is 32.2. The van der Waals surface area contributed by atoms with E-state index in [9.17, 15) is 17.2 Å². The van der Waals surface area contributed by atoms with E-state index >= 15 is 0 Å². The van der Waals surface area contributed by atoms with Crippen molar-refractivity contribution in [3.05, 3.63) is 23.5 Å². The zero-order valence-corrected chi connectivity index (χ0v) is 19.1. The van der Waals surface area contributed by atoms with E-state index in [1.807, 2.05) is 0 Å². The molecule has 1 aliphatic carbocycles. The lowest BCUT2D eigenvalue weighted by Crippen LogP contribution is -2.54. The summed E-state index contributed by atoms with van der Waals surface area (Å²) in [5.74, 6) is 0.283. The highest BCUT2D eigenvalue weighted by Gasteiger charge is 2.31. The van der Waals surface area contributed by atoms with E-state index in [0.717, 1.165) is 29.9 Å². The van der Waals surface area contributed by atoms with Crippen LogP contribution < -0.4 is 14.9 Å². The average Bonchev–Trinajstić information content (AvgIpc) is 3.22. The molecule has 1 aliphatic heterocycles. The minimum atomic E-state index is -3.76. The fourth-order valence-corrected chi connectivity index (χ4v) is 6.05. The monoisotopic (exact) mass is 483 g/mol. The van der Waals surface area contributed by atoms with Crippen LogP contribution >= 0.6 is 11.3 Å². The van der Waals surface area contributed by atoms with Crippen LogP contribution in [0.25, 0.3) is 16.3 Å². The number of hydrogen-bond acceptors (Lipinski definition) is 8. The molecule has 32 heavy (non-hydrogen) atoms. The maximum Gasteiger partial charge on any atom is 0.291 e. The first-order chi connectivity index (χ1) is 15.2. The molecular formula is C19H23F2N7O2S2. The summed E-state index contributed by atoms with van der Waals surface area (Å²) in [5.41, 5.74) is 1.40. The van der Waals surface area contributed by atoms with E-state index in [2.05, 4.69) is 44.0 Å². The first-order valence-corrected chi connectivity index (χ1v) is 12.7. The zero-order valence-electron chi connectivity index (χ0n) is 17.5. The standard InChI is InChI=1S/C19H23F2N7O2S2/c1-10-7-27(8-11(2)23-10)14-5-13(32(29,30)26-12-3-4-12)9-28-15(14)6-22-17(28)19-25-24-18(31-19)16(20)21/h5-6,9-12,16,23,26H,3-4,7-8H2,1-2H3/t10-,11-/m0/s1. The normalized spacial score (nSPS) is 22.2. The number of halogens is 2. The molecule has 0 unspecified atom stereocenters. The van der Waals surface area contributed by atoms with Gasteiger partial charge in [0.05, 0.1) is 17.4 Å². The number of fused-ring (bicyclic) bond motifs is 1. The number of nitrogens with one attached hydrogen (secondary N) is 2. The smallest absolute Gasteiger partial charge is 0.291 e. The third kappa shape index (κ3) is 4.09. The Bertz CT molecular complexity index is 1250. The lowest BCUT2D eigenvalue weighted by Gasteiger charge is -2.38. The topological polar surface area (TPSA) is 105 Å². The molecular weight excluding hydrogens is 460 g/mol. The molecule has 0 spiro atoms. The van der Waals surface area contributed by atoms with Gasteiger partial charge in [0.15, 0.2) is 15.8 Å². The number of pyridine rings is 1. The Morgan fingerprint density at radius 1 is 1.22 bits per heavy atom. The lowest BCUT2D eigenvalue weighted by atomic mass is 10.1. The molecule has 0 aromatic carbocycles. The predicted molar refractivity (Wildman–Crippen MR) is 117 cm³/mol. The van der Waals surface area contributed by atoms with Crippen LogP contribution in [0.2, 0.25) is 0 Å². The van der Waals surface area contributed by atoms with Gasteiger partial charge in [-0.3, -0.25) is 4.40 Å². The summed E-state index contributed by atoms with van der Waals surface area (Å²) in [5, 5.41) is 10.7. The number of alkyl halides is 2. The molecule has 1 saturated carbocycles. The lowest BCUT2D eigenvalue weighted by molar-refractivity contribution is 0.150. The van der Waals surface area contributed by atoms with Crippen molar-refractivity contribution in [3.8, 4) is 10.8 Å². The van der Waals surface area contributed by atoms with Gasteiger partial charge in [-0.05, 0) is 32.8 Å². The van der Waals surface area contributed by atoms with Crippen LogP contribution in [-0.4, -0.2) is 59.2 Å². The Balaban J connectivity index is 1.66. The average molecular weight is 484 g/mol. The van der Waals surface area contributed by atoms with E-state index in [1.165, 1.54) is 6.20 Å². The number of nitrogens with zero attached hydrogens (tertiary/aromatic N) is 5. The van der Waals surface area contributed by atoms with E-state index in [-0.39, 0.29) is 33.9 Å². The summed E-state index contributed by atoms with van der Waals surface area (Å²) in [6.07, 6.45) is 2.00. The number of rotatable bonds is 6. The van der Waals surface area contributed by atoms with Crippen molar-refractivity contribution >= 4 is 32.6 Å². The third-order valence-corrected chi connectivity index (χ3v) is 7.93. The number of piperazine rings is 1. The molecule has 2 aliphatic rings. The molecule has 2 atom stereocenters. The molecule has 0 bridgehead atoms. The molecule has 9 nitrogen and oxygen atoms in total. The summed E-state index contributed by atoms with van der Waals surface area (Å²) in [6.45, 7) is 5.52. The van der Waals surface area contributed by atoms with Gasteiger partial charge in [-0.15, -0.1) is 10.2 Å². The molecule has 3 aromatic heterocycles. The molecule has 5 rings (SSSR count). The second-order valence-corrected chi connectivity index (χ2v) is 11.1. The summed E-state index contributed by atoms with van der Waals surface area (Å²) < 4.78 is 56.5. The maximum atomic E-state index is 13.1. The van der Waals surface area contributed by atoms with E-state index in [0.29, 0.717) is 18.6 Å². The fourth-order valence-electron chi connectivity index (χ4n) is 4.04. The Kier molecular flexibility index (Phi) is 5.39. The molecule has 4 heterocycles. The van der Waals surface area contributed by atoms with Crippen molar-refractivity contribution in [3.63, 3.8) is 0 Å². The minimum absolute atomic E-state index is 0.0441. The van der Waals surface area contributed by atoms with E-state index in [1.54, 1.807) is 16.7 Å². The fraction of sp³-hybridized carbons (Fsp3) is 0.526. The number of anilines is 1. The van der Waals surface area contributed by atoms with Gasteiger partial charge >= 0.3 is 0 Å². The highest BCUT2D eigenvalue weighted by molar-refractivity contribution is 7.89. The Labute approximate surface area is 187 Å². The number of aromatic nitrogens is 4. The molecule has 3 aromatic rings. The zero-order chi connectivity index (χ0) is 22.6. The second kappa shape index (κ2) is 7.97. The first kappa shape index (κ1) is 21.6. The van der Waals surface area contributed by atoms with Gasteiger partial charge in [-0.1, -0.05) is 11.3 Å². The van der Waals surface area contributed by atoms with Crippen molar-refractivity contribution in [2.45, 2.75) is 56.1 Å². The van der Waals surface area contributed by atoms with Crippen molar-refractivity contribution in [1.82, 2.24) is 29.6 Å². The minimum Gasteiger partial charge on any atom is -0.367 e. The van der Waals surface area contributed by atoms with Crippen LogP contribution in [-0.2, 0) is 10.0 Å². The predicted octanol–water partition coefficient (Wildman–Crippen LogP) is 2.42. The molecule has 2 fully saturated rings. The highest BCUT2D eigenvalue weighted by Crippen LogP contribution is 2.34. The van der Waals surface area contributed by atoms with Crippen LogP contribution in [0.4, 0.5) is 14.5 Å². The third-order valence-electron chi connectivity index (χ3n) is 5.52. The van der Waals surface area contributed by atoms with Crippen LogP contribution in [0.5, 0.6) is 0 Å². The van der Waals surface area contributed by atoms with E-state index in [4.69, 9.17) is 0 Å². The van der Waals surface area contributed by atoms with Gasteiger partial charge in [0.1, 0.15) is 4.90 Å². The molecule has 1 saturated heterocycles. The van der Waals surface area contributed by atoms with Gasteiger partial charge in [0, 0.05) is 37.4 Å². The van der Waals surface area contributed by atoms with Crippen LogP contribution in [0.1, 0.15) is 38.1 Å². The van der Waals surface area contributed by atoms with Gasteiger partial charge in [-0.2, -0.15) is 0 Å². The van der Waals surface area contributed by atoms with Gasteiger partial charge in [-0.25, -0.2) is 26.9 Å². The quantitative estimate of drug-likeness (QED) is 0.555. The summed E-state index contributed by atoms with van der Waals surface area (Å²) in [7, 11) is -3.76. The van der Waals surface area contributed by atoms with Crippen molar-refractivity contribution in [1.29, 1.82) is 0 Å². The first-order valence-electron chi connectivity index (χ1n) is 10.4. The van der Waals surface area contributed by atoms with Crippen molar-refractivity contribution in [2.24, 2.45) is 0 Å². The SMILES string of the molecule is C[C@H]1CN(c2cc(S(=O)(=O)NC3CC3)cn3c(-c4nnc(C(F)F)s4)ncc23)C[C@H](C)N1. The molecule has 172 valence electrons. The Hall–Kier alpha value is -2.22. The number of hydrogen-bond donors (Lipinski definition) is 2. The van der Waals surface area contributed by atoms with E-state index < -0.39 is 21.5 Å². The molecule has 0 radical (unpaired) electrons. The van der Waals surface area contributed by atoms with Gasteiger partial charge < -0.3 is 10.2 Å². The maximum absolute atomic E-state index is 13.1. The van der Waals surface area contributed by atoms with Crippen LogP contribution in [0.3, 0.4) is 0 Å². The summed E-state index contributed by atoms with van der Waals surface area (Å²) in [4.78, 5) is 6.63. The largest absolute Gasteiger partial charge is 0.367 e. The van der Waals surface area contributed by atoms with Gasteiger partial charge in [0.2, 0.25) is 10.0 Å². The molecule has 0 amide bonds. The van der Waals surface area contributed by atoms with Crippen molar-refractivity contribution in [2.75, 3.05) is 18.0 Å². The second-order valence-electron chi connectivity index (χ2n) is 8.41. The Morgan fingerprint density at radius 3 is 2.56 bits per heavy atom. The van der Waals surface area contributed by atoms with Gasteiger partial charge in [0.25, 0.3) is 6.43 Å². The molecule has 2 N–H and O–H groups in total. The van der Waals surface area contributed by atoms with Crippen molar-refractivity contribution < 1.29 is 17.2 Å². The molecule has 13 heteroatoms. The number of sulfonamides is 1. The van der Waals surface area contributed by atoms with Crippen LogP contribution in [0, 0.1) is 0 Å². The van der Waals surface area contributed by atoms with Crippen LogP contribution in [0.15, 0.2) is 23.4 Å². The number of imidazole rings is 1. The summed E-state index contributed by atoms with van der Waals surface area (Å²) >= 11 is 0.746.